The molecule has 0 aliphatic heterocycles. The Morgan fingerprint density at radius 2 is 2.25 bits per heavy atom. The molecule has 5 nitrogen and oxygen atoms in total. The van der Waals surface area contributed by atoms with Gasteiger partial charge in [-0.05, 0) is 42.8 Å². The Kier molecular flexibility index (Phi) is 4.92. The summed E-state index contributed by atoms with van der Waals surface area (Å²) in [5.41, 5.74) is 8.13. The number of nitrogens with zero attached hydrogens (tertiary/aromatic N) is 3. The summed E-state index contributed by atoms with van der Waals surface area (Å²) < 4.78 is 5.26. The van der Waals surface area contributed by atoms with E-state index in [-0.39, 0.29) is 0 Å². The highest BCUT2D eigenvalue weighted by atomic mass is 32.1. The van der Waals surface area contributed by atoms with Crippen LogP contribution < -0.4 is 10.5 Å². The lowest BCUT2D eigenvalue weighted by Gasteiger charge is -2.25. The van der Waals surface area contributed by atoms with Crippen LogP contribution in [-0.2, 0) is 13.0 Å². The number of thiophene rings is 1. The molecule has 0 radical (unpaired) electrons. The fraction of sp³-hybridized carbons (Fsp3) is 0.429. The van der Waals surface area contributed by atoms with Crippen molar-refractivity contribution < 1.29 is 4.74 Å². The van der Waals surface area contributed by atoms with Crippen LogP contribution in [0.5, 0.6) is 5.88 Å². The van der Waals surface area contributed by atoms with Crippen molar-refractivity contribution in [1.82, 2.24) is 14.9 Å². The molecule has 108 valence electrons. The zero-order valence-electron chi connectivity index (χ0n) is 12.0. The first-order valence-corrected chi connectivity index (χ1v) is 7.40. The van der Waals surface area contributed by atoms with Crippen LogP contribution in [0.4, 0.5) is 5.82 Å². The van der Waals surface area contributed by atoms with Gasteiger partial charge in [-0.25, -0.2) is 9.97 Å². The van der Waals surface area contributed by atoms with Gasteiger partial charge in [0.25, 0.3) is 0 Å². The SMILES string of the molecule is COc1ncnc(N)c1CN(C)[C@@H](C)Cc1ccsc1. The summed E-state index contributed by atoms with van der Waals surface area (Å²) in [5, 5.41) is 4.29. The number of anilines is 1. The van der Waals surface area contributed by atoms with Crippen LogP contribution in [0.3, 0.4) is 0 Å². The fourth-order valence-corrected chi connectivity index (χ4v) is 2.73. The van der Waals surface area contributed by atoms with Crippen molar-refractivity contribution in [3.8, 4) is 5.88 Å². The van der Waals surface area contributed by atoms with Gasteiger partial charge >= 0.3 is 0 Å². The average molecular weight is 292 g/mol. The minimum atomic E-state index is 0.397. The zero-order valence-corrected chi connectivity index (χ0v) is 12.9. The van der Waals surface area contributed by atoms with E-state index in [1.807, 2.05) is 0 Å². The number of rotatable bonds is 6. The van der Waals surface area contributed by atoms with Gasteiger partial charge in [-0.3, -0.25) is 4.90 Å². The molecule has 0 saturated heterocycles. The van der Waals surface area contributed by atoms with Crippen LogP contribution >= 0.6 is 11.3 Å². The van der Waals surface area contributed by atoms with Crippen LogP contribution in [0, 0.1) is 0 Å². The maximum absolute atomic E-state index is 5.93. The molecule has 1 atom stereocenters. The highest BCUT2D eigenvalue weighted by molar-refractivity contribution is 7.07. The molecule has 0 bridgehead atoms. The summed E-state index contributed by atoms with van der Waals surface area (Å²) in [6.07, 6.45) is 2.43. The van der Waals surface area contributed by atoms with Gasteiger partial charge in [0.2, 0.25) is 5.88 Å². The van der Waals surface area contributed by atoms with Gasteiger partial charge in [-0.1, -0.05) is 0 Å². The van der Waals surface area contributed by atoms with E-state index >= 15 is 0 Å². The van der Waals surface area contributed by atoms with E-state index < -0.39 is 0 Å². The van der Waals surface area contributed by atoms with E-state index in [9.17, 15) is 0 Å². The molecule has 0 unspecified atom stereocenters. The van der Waals surface area contributed by atoms with E-state index in [1.165, 1.54) is 11.9 Å². The number of nitrogen functional groups attached to an aromatic ring is 1. The van der Waals surface area contributed by atoms with Crippen molar-refractivity contribution in [3.63, 3.8) is 0 Å². The van der Waals surface area contributed by atoms with E-state index in [0.29, 0.717) is 24.3 Å². The number of hydrogen-bond acceptors (Lipinski definition) is 6. The normalized spacial score (nSPS) is 12.6. The maximum Gasteiger partial charge on any atom is 0.222 e. The minimum absolute atomic E-state index is 0.397. The van der Waals surface area contributed by atoms with Gasteiger partial charge in [0, 0.05) is 12.6 Å². The first-order valence-electron chi connectivity index (χ1n) is 6.46. The molecule has 6 heteroatoms. The first kappa shape index (κ1) is 14.7. The second-order valence-corrected chi connectivity index (χ2v) is 5.63. The van der Waals surface area contributed by atoms with Gasteiger partial charge in [0.15, 0.2) is 0 Å². The third-order valence-electron chi connectivity index (χ3n) is 3.40. The van der Waals surface area contributed by atoms with Crippen molar-refractivity contribution in [2.45, 2.75) is 25.9 Å². The third kappa shape index (κ3) is 3.46. The predicted molar refractivity (Wildman–Crippen MR) is 81.9 cm³/mol. The molecular weight excluding hydrogens is 272 g/mol. The molecular formula is C14H20N4OS. The summed E-state index contributed by atoms with van der Waals surface area (Å²) in [7, 11) is 3.67. The Labute approximate surface area is 123 Å². The summed E-state index contributed by atoms with van der Waals surface area (Å²) in [6, 6.07) is 2.56. The van der Waals surface area contributed by atoms with Crippen LogP contribution in [0.1, 0.15) is 18.1 Å². The second-order valence-electron chi connectivity index (χ2n) is 4.85. The van der Waals surface area contributed by atoms with Gasteiger partial charge < -0.3 is 10.5 Å². The molecule has 0 spiro atoms. The largest absolute Gasteiger partial charge is 0.481 e. The number of methoxy groups -OCH3 is 1. The quantitative estimate of drug-likeness (QED) is 0.884. The van der Waals surface area contributed by atoms with Crippen molar-refractivity contribution in [2.24, 2.45) is 0 Å². The van der Waals surface area contributed by atoms with Gasteiger partial charge in [0.1, 0.15) is 12.1 Å². The number of hydrogen-bond donors (Lipinski definition) is 1. The minimum Gasteiger partial charge on any atom is -0.481 e. The Hall–Kier alpha value is -1.66. The molecule has 20 heavy (non-hydrogen) atoms. The highest BCUT2D eigenvalue weighted by Gasteiger charge is 2.16. The second kappa shape index (κ2) is 6.67. The van der Waals surface area contributed by atoms with E-state index in [4.69, 9.17) is 10.5 Å². The summed E-state index contributed by atoms with van der Waals surface area (Å²) in [6.45, 7) is 2.87. The Balaban J connectivity index is 2.05. The molecule has 2 aromatic heterocycles. The van der Waals surface area contributed by atoms with Crippen LogP contribution in [0.15, 0.2) is 23.2 Å². The molecule has 0 amide bonds. The highest BCUT2D eigenvalue weighted by Crippen LogP contribution is 2.22. The smallest absolute Gasteiger partial charge is 0.222 e. The molecule has 0 aliphatic carbocycles. The van der Waals surface area contributed by atoms with E-state index in [0.717, 1.165) is 12.0 Å². The molecule has 0 aromatic carbocycles. The standard InChI is InChI=1S/C14H20N4OS/c1-10(6-11-4-5-20-8-11)18(2)7-12-13(15)16-9-17-14(12)19-3/h4-5,8-10H,6-7H2,1-3H3,(H2,15,16,17)/t10-/m0/s1. The monoisotopic (exact) mass is 292 g/mol. The lowest BCUT2D eigenvalue weighted by atomic mass is 10.1. The Morgan fingerprint density at radius 1 is 1.45 bits per heavy atom. The fourth-order valence-electron chi connectivity index (χ4n) is 2.04. The van der Waals surface area contributed by atoms with Crippen molar-refractivity contribution in [1.29, 1.82) is 0 Å². The predicted octanol–water partition coefficient (Wildman–Crippen LogP) is 2.19. The van der Waals surface area contributed by atoms with Crippen molar-refractivity contribution >= 4 is 17.2 Å². The number of nitrogens with two attached hydrogens (primary N) is 1. The summed E-state index contributed by atoms with van der Waals surface area (Å²) in [4.78, 5) is 10.4. The lowest BCUT2D eigenvalue weighted by Crippen LogP contribution is -2.31. The molecule has 0 aliphatic rings. The number of likely N-dealkylation sites (N-methyl/N-ethyl adjacent to an activating group) is 1. The average Bonchev–Trinajstić information content (AvgIpc) is 2.93. The topological polar surface area (TPSA) is 64.3 Å². The maximum atomic E-state index is 5.93. The Bertz CT molecular complexity index is 544. The lowest BCUT2D eigenvalue weighted by molar-refractivity contribution is 0.243. The van der Waals surface area contributed by atoms with Crippen molar-refractivity contribution in [3.05, 3.63) is 34.3 Å². The van der Waals surface area contributed by atoms with Gasteiger partial charge in [-0.2, -0.15) is 11.3 Å². The molecule has 0 fully saturated rings. The third-order valence-corrected chi connectivity index (χ3v) is 4.14. The summed E-state index contributed by atoms with van der Waals surface area (Å²) in [5.74, 6) is 1.03. The van der Waals surface area contributed by atoms with Gasteiger partial charge in [0.05, 0.1) is 12.7 Å². The van der Waals surface area contributed by atoms with Gasteiger partial charge in [-0.15, -0.1) is 0 Å². The summed E-state index contributed by atoms with van der Waals surface area (Å²) >= 11 is 1.73. The zero-order chi connectivity index (χ0) is 14.5. The van der Waals surface area contributed by atoms with Crippen LogP contribution in [0.25, 0.3) is 0 Å². The molecule has 2 aromatic rings. The first-order chi connectivity index (χ1) is 9.61. The Morgan fingerprint density at radius 3 is 2.90 bits per heavy atom. The van der Waals surface area contributed by atoms with Crippen molar-refractivity contribution in [2.75, 3.05) is 19.9 Å². The van der Waals surface area contributed by atoms with Crippen LogP contribution in [0.2, 0.25) is 0 Å². The van der Waals surface area contributed by atoms with E-state index in [1.54, 1.807) is 18.4 Å². The number of aromatic nitrogens is 2. The molecule has 2 rings (SSSR count). The van der Waals surface area contributed by atoms with E-state index in [2.05, 4.69) is 45.7 Å². The number of ether oxygens (including phenoxy) is 1. The molecule has 2 N–H and O–H groups in total. The molecule has 2 heterocycles. The van der Waals surface area contributed by atoms with Crippen LogP contribution in [-0.4, -0.2) is 35.1 Å². The molecule has 0 saturated carbocycles.